The normalized spacial score (nSPS) is 14.0. The van der Waals surface area contributed by atoms with Gasteiger partial charge in [-0.1, -0.05) is 245 Å². The molecule has 89 heavy (non-hydrogen) atoms. The van der Waals surface area contributed by atoms with Gasteiger partial charge in [0.25, 0.3) is 0 Å². The molecule has 16 rings (SSSR count). The number of hydrogen-bond donors (Lipinski definition) is 0. The van der Waals surface area contributed by atoms with Crippen LogP contribution < -0.4 is 9.80 Å². The first kappa shape index (κ1) is 58.4. The summed E-state index contributed by atoms with van der Waals surface area (Å²) in [4.78, 5) is 4.94. The second-order valence-electron chi connectivity index (χ2n) is 26.8. The molecule has 0 aliphatic heterocycles. The molecule has 0 saturated carbocycles. The first-order valence-electron chi connectivity index (χ1n) is 32.0. The molecule has 440 valence electrons. The lowest BCUT2D eigenvalue weighted by atomic mass is 9.70. The van der Waals surface area contributed by atoms with E-state index in [1.807, 2.05) is 0 Å². The highest BCUT2D eigenvalue weighted by atomic mass is 79.9. The van der Waals surface area contributed by atoms with Crippen molar-refractivity contribution >= 4 is 131 Å². The first-order valence-corrected chi connectivity index (χ1v) is 33.6. The van der Waals surface area contributed by atoms with E-state index >= 15 is 0 Å². The van der Waals surface area contributed by atoms with Gasteiger partial charge in [0.15, 0.2) is 0 Å². The Bertz CT molecular complexity index is 4750. The summed E-state index contributed by atoms with van der Waals surface area (Å²) in [5.74, 6) is 0.849. The third kappa shape index (κ3) is 10.5. The number of anilines is 6. The molecule has 0 fully saturated rings. The molecule has 0 bridgehead atoms. The van der Waals surface area contributed by atoms with Gasteiger partial charge in [-0.25, -0.2) is 0 Å². The lowest BCUT2D eigenvalue weighted by Gasteiger charge is -2.37. The molecule has 14 aromatic rings. The summed E-state index contributed by atoms with van der Waals surface area (Å²) < 4.78 is 2.45. The molecule has 2 nitrogen and oxygen atoms in total. The van der Waals surface area contributed by atoms with Crippen molar-refractivity contribution < 1.29 is 0 Å². The number of para-hydroxylation sites is 4. The Hall–Kier alpha value is -8.28. The van der Waals surface area contributed by atoms with Crippen LogP contribution in [0.4, 0.5) is 34.1 Å². The van der Waals surface area contributed by atoms with Crippen molar-refractivity contribution in [1.29, 1.82) is 0 Å². The quantitative estimate of drug-likeness (QED) is 0.126. The monoisotopic (exact) mass is 1280 g/mol. The second kappa shape index (κ2) is 23.6. The van der Waals surface area contributed by atoms with Gasteiger partial charge in [0, 0.05) is 47.9 Å². The summed E-state index contributed by atoms with van der Waals surface area (Å²) in [5, 5.41) is 16.7. The molecule has 0 heterocycles. The van der Waals surface area contributed by atoms with Gasteiger partial charge in [-0.2, -0.15) is 0 Å². The average molecular weight is 1290 g/mol. The lowest BCUT2D eigenvalue weighted by molar-refractivity contribution is 0.475. The zero-order chi connectivity index (χ0) is 61.3. The van der Waals surface area contributed by atoms with E-state index in [1.54, 1.807) is 0 Å². The standard InChI is InChI=1S/C48H42N2.C24H22Br2.C13H12/c1-32(2)40-31-44(50(36-21-13-7-14-22-36)37-23-15-8-16-24-37)41-30-42-45-33(27-28-48(42,3)4)29-43(39-26-25-38(40)46(41)47(39)45)49(34-17-9-5-10-18-34)35-19-11-6-12-20-35;1-12(2)16-11-20(26)17-10-18-21-13(7-8-24(18,3)4)9-19(25)15-6-5-14(16)22(17)23(15)21;1-3-7-12(8-4-1)11-13-9-5-2-6-10-13/h5-26,29-32H,27-28H2,1-4H3;5-6,9-12H,7-8H2,1-4H3;1-10H,11H2. The van der Waals surface area contributed by atoms with E-state index in [4.69, 9.17) is 0 Å². The third-order valence-electron chi connectivity index (χ3n) is 19.5. The summed E-state index contributed by atoms with van der Waals surface area (Å²) in [5.41, 5.74) is 18.9. The van der Waals surface area contributed by atoms with Gasteiger partial charge < -0.3 is 9.80 Å². The number of rotatable bonds is 10. The van der Waals surface area contributed by atoms with Crippen LogP contribution in [0.3, 0.4) is 0 Å². The van der Waals surface area contributed by atoms with Crippen molar-refractivity contribution in [3.05, 3.63) is 296 Å². The number of nitrogens with zero attached hydrogens (tertiary/aromatic N) is 2. The second-order valence-corrected chi connectivity index (χ2v) is 28.5. The van der Waals surface area contributed by atoms with Crippen molar-refractivity contribution in [2.24, 2.45) is 0 Å². The Morgan fingerprint density at radius 2 is 0.685 bits per heavy atom. The largest absolute Gasteiger partial charge is 0.310 e. The Morgan fingerprint density at radius 3 is 1.13 bits per heavy atom. The molecule has 0 N–H and O–H groups in total. The van der Waals surface area contributed by atoms with E-state index in [1.165, 1.54) is 147 Å². The van der Waals surface area contributed by atoms with Gasteiger partial charge in [0.2, 0.25) is 0 Å². The van der Waals surface area contributed by atoms with Crippen LogP contribution in [-0.4, -0.2) is 0 Å². The molecule has 0 atom stereocenters. The van der Waals surface area contributed by atoms with Crippen LogP contribution in [-0.2, 0) is 30.1 Å². The van der Waals surface area contributed by atoms with Crippen molar-refractivity contribution in [1.82, 2.24) is 0 Å². The molecule has 0 amide bonds. The first-order chi connectivity index (χ1) is 43.1. The molecule has 2 aliphatic carbocycles. The fourth-order valence-electron chi connectivity index (χ4n) is 14.8. The molecule has 0 radical (unpaired) electrons. The van der Waals surface area contributed by atoms with Crippen LogP contribution in [0.1, 0.15) is 125 Å². The zero-order valence-corrected chi connectivity index (χ0v) is 55.6. The maximum atomic E-state index is 3.90. The van der Waals surface area contributed by atoms with Crippen molar-refractivity contribution in [2.75, 3.05) is 9.80 Å². The summed E-state index contributed by atoms with van der Waals surface area (Å²) in [7, 11) is 0. The topological polar surface area (TPSA) is 6.48 Å². The van der Waals surface area contributed by atoms with Gasteiger partial charge in [0.1, 0.15) is 0 Å². The summed E-state index contributed by atoms with van der Waals surface area (Å²) in [6.45, 7) is 18.9. The molecular formula is C85H76Br2N2. The van der Waals surface area contributed by atoms with E-state index < -0.39 is 0 Å². The minimum absolute atomic E-state index is 0.0398. The Kier molecular flexibility index (Phi) is 15.5. The molecule has 0 spiro atoms. The number of hydrogen-bond acceptors (Lipinski definition) is 2. The minimum atomic E-state index is 0.0398. The molecule has 14 aromatic carbocycles. The van der Waals surface area contributed by atoms with Crippen LogP contribution in [0, 0.1) is 0 Å². The van der Waals surface area contributed by atoms with E-state index in [0.29, 0.717) is 11.8 Å². The Labute approximate surface area is 542 Å². The average Bonchev–Trinajstić information content (AvgIpc) is 0.706. The summed E-state index contributed by atoms with van der Waals surface area (Å²) >= 11 is 7.77. The molecule has 2 aliphatic rings. The molecule has 0 unspecified atom stereocenters. The predicted octanol–water partition coefficient (Wildman–Crippen LogP) is 25.6. The zero-order valence-electron chi connectivity index (χ0n) is 52.4. The maximum absolute atomic E-state index is 3.90. The van der Waals surface area contributed by atoms with Crippen LogP contribution in [0.2, 0.25) is 0 Å². The molecule has 0 aromatic heterocycles. The highest BCUT2D eigenvalue weighted by molar-refractivity contribution is 9.11. The minimum Gasteiger partial charge on any atom is -0.310 e. The van der Waals surface area contributed by atoms with Gasteiger partial charge in [-0.15, -0.1) is 0 Å². The van der Waals surface area contributed by atoms with E-state index in [-0.39, 0.29) is 10.8 Å². The Balaban J connectivity index is 0.000000146. The van der Waals surface area contributed by atoms with Gasteiger partial charge in [-0.05, 0) is 233 Å². The Morgan fingerprint density at radius 1 is 0.337 bits per heavy atom. The fourth-order valence-corrected chi connectivity index (χ4v) is 16.0. The smallest absolute Gasteiger partial charge is 0.0543 e. The van der Waals surface area contributed by atoms with Crippen LogP contribution in [0.5, 0.6) is 0 Å². The molecular weight excluding hydrogens is 1210 g/mol. The lowest BCUT2D eigenvalue weighted by Crippen LogP contribution is -2.24. The maximum Gasteiger partial charge on any atom is 0.0543 e. The summed E-state index contributed by atoms with van der Waals surface area (Å²) in [6.07, 6.45) is 5.56. The number of aryl methyl sites for hydroxylation is 2. The van der Waals surface area contributed by atoms with Crippen LogP contribution in [0.15, 0.2) is 252 Å². The molecule has 0 saturated heterocycles. The fraction of sp³-hybridized carbons (Fsp3) is 0.200. The van der Waals surface area contributed by atoms with E-state index in [0.717, 1.165) is 37.1 Å². The van der Waals surface area contributed by atoms with Crippen LogP contribution in [0.25, 0.3) is 64.6 Å². The predicted molar refractivity (Wildman–Crippen MR) is 392 cm³/mol. The van der Waals surface area contributed by atoms with Gasteiger partial charge in [-0.3, -0.25) is 0 Å². The van der Waals surface area contributed by atoms with Crippen molar-refractivity contribution in [3.63, 3.8) is 0 Å². The SMILES string of the molecule is CC(C)c1cc(Br)c2cc3c4c(cc(Br)c5ccc1c2c54)CCC3(C)C.CC(C)c1cc(N(c2ccccc2)c2ccccc2)c2cc3c4c(cc(N(c5ccccc5)c5ccccc5)c5ccc1c2c54)CCC3(C)C.c1ccc(Cc2ccccc2)cc1. The number of halogens is 2. The highest BCUT2D eigenvalue weighted by Gasteiger charge is 2.35. The highest BCUT2D eigenvalue weighted by Crippen LogP contribution is 2.55. The van der Waals surface area contributed by atoms with Gasteiger partial charge in [0.05, 0.1) is 11.4 Å². The third-order valence-corrected chi connectivity index (χ3v) is 20.8. The summed E-state index contributed by atoms with van der Waals surface area (Å²) in [6, 6.07) is 88.8. The van der Waals surface area contributed by atoms with E-state index in [9.17, 15) is 0 Å². The van der Waals surface area contributed by atoms with E-state index in [2.05, 4.69) is 340 Å². The van der Waals surface area contributed by atoms with Gasteiger partial charge >= 0.3 is 0 Å². The van der Waals surface area contributed by atoms with Crippen molar-refractivity contribution in [2.45, 2.75) is 110 Å². The number of benzene rings is 14. The van der Waals surface area contributed by atoms with Crippen molar-refractivity contribution in [3.8, 4) is 0 Å². The van der Waals surface area contributed by atoms with Crippen LogP contribution >= 0.6 is 31.9 Å². The molecule has 4 heteroatoms.